The van der Waals surface area contributed by atoms with E-state index in [0.717, 1.165) is 0 Å². The predicted molar refractivity (Wildman–Crippen MR) is 168 cm³/mol. The van der Waals surface area contributed by atoms with Gasteiger partial charge in [0.2, 0.25) is 0 Å². The van der Waals surface area contributed by atoms with E-state index in [-0.39, 0.29) is 48.8 Å². The first-order valence-corrected chi connectivity index (χ1v) is 14.3. The first-order chi connectivity index (χ1) is 21.5. The summed E-state index contributed by atoms with van der Waals surface area (Å²) in [7, 11) is 0. The third kappa shape index (κ3) is 10.1. The average molecular weight is 623 g/mol. The van der Waals surface area contributed by atoms with Crippen molar-refractivity contribution in [2.75, 3.05) is 30.5 Å². The monoisotopic (exact) mass is 622 g/mol. The van der Waals surface area contributed by atoms with Gasteiger partial charge in [0.1, 0.15) is 11.6 Å². The van der Waals surface area contributed by atoms with Crippen LogP contribution in [0.15, 0.2) is 54.6 Å². The summed E-state index contributed by atoms with van der Waals surface area (Å²) in [6, 6.07) is 14.6. The molecule has 3 aromatic rings. The maximum absolute atomic E-state index is 13.5. The molecule has 0 aliphatic rings. The zero-order chi connectivity index (χ0) is 32.9. The zero-order valence-corrected chi connectivity index (χ0v) is 25.6. The molecular formula is C32H38N4O9. The van der Waals surface area contributed by atoms with E-state index < -0.39 is 24.6 Å². The molecule has 0 aromatic heterocycles. The van der Waals surface area contributed by atoms with Gasteiger partial charge >= 0.3 is 12.1 Å². The Morgan fingerprint density at radius 2 is 1.69 bits per heavy atom. The molecule has 6 N–H and O–H groups in total. The molecule has 45 heavy (non-hydrogen) atoms. The quantitative estimate of drug-likeness (QED) is 0.102. The number of hydrogen-bond donors (Lipinski definition) is 6. The number of rotatable bonds is 15. The van der Waals surface area contributed by atoms with Crippen LogP contribution in [-0.4, -0.2) is 59.9 Å². The van der Waals surface area contributed by atoms with Crippen molar-refractivity contribution in [3.63, 3.8) is 0 Å². The topological polar surface area (TPSA) is 189 Å². The highest BCUT2D eigenvalue weighted by Gasteiger charge is 2.19. The second-order valence-corrected chi connectivity index (χ2v) is 9.84. The summed E-state index contributed by atoms with van der Waals surface area (Å²) in [5.74, 6) is -0.810. The number of hydrogen-bond acceptors (Lipinski definition) is 10. The van der Waals surface area contributed by atoms with E-state index in [1.54, 1.807) is 61.5 Å². The average Bonchev–Trinajstić information content (AvgIpc) is 2.99. The summed E-state index contributed by atoms with van der Waals surface area (Å²) in [5, 5.41) is 35.5. The van der Waals surface area contributed by atoms with E-state index in [0.29, 0.717) is 40.4 Å². The fraction of sp³-hybridized carbons (Fsp3) is 0.312. The summed E-state index contributed by atoms with van der Waals surface area (Å²) in [6.45, 7) is 6.88. The van der Waals surface area contributed by atoms with Gasteiger partial charge in [0.05, 0.1) is 31.5 Å². The number of carboxylic acids is 1. The predicted octanol–water partition coefficient (Wildman–Crippen LogP) is 4.76. The number of ether oxygens (including phenoxy) is 4. The summed E-state index contributed by atoms with van der Waals surface area (Å²) in [4.78, 5) is 36.4. The Morgan fingerprint density at radius 3 is 2.31 bits per heavy atom. The molecule has 3 aromatic carbocycles. The summed E-state index contributed by atoms with van der Waals surface area (Å²) in [5.41, 5.74) is 2.59. The summed E-state index contributed by atoms with van der Waals surface area (Å²) >= 11 is 0. The van der Waals surface area contributed by atoms with E-state index in [1.165, 1.54) is 0 Å². The minimum atomic E-state index is -1.17. The van der Waals surface area contributed by atoms with Crippen LogP contribution in [-0.2, 0) is 22.7 Å². The first-order valence-electron chi connectivity index (χ1n) is 14.3. The molecule has 0 aliphatic heterocycles. The Kier molecular flexibility index (Phi) is 12.6. The van der Waals surface area contributed by atoms with Crippen LogP contribution in [0.25, 0.3) is 0 Å². The Hall–Kier alpha value is -5.30. The van der Waals surface area contributed by atoms with Crippen LogP contribution < -0.4 is 30.2 Å². The van der Waals surface area contributed by atoms with Gasteiger partial charge in [-0.05, 0) is 87.9 Å². The van der Waals surface area contributed by atoms with Crippen LogP contribution in [0.3, 0.4) is 0 Å². The standard InChI is InChI=1S/C32H38N4O9/c1-5-42-24-11-12-26(34-16-22-13-20(17-37)14-27(45-19(3)4)29(22)44-18-28(38)39)25(15-24)31(40)35-23-9-7-21(8-10-23)30(33)36-32(41)43-6-2/h7-15,19,34,37H,5-6,16-18H2,1-4H3,(H,35,40)(H,38,39)(H2,33,36,41). The Morgan fingerprint density at radius 1 is 0.956 bits per heavy atom. The first kappa shape index (κ1) is 34.2. The van der Waals surface area contributed by atoms with Crippen LogP contribution in [0.2, 0.25) is 0 Å². The molecule has 0 bridgehead atoms. The zero-order valence-electron chi connectivity index (χ0n) is 25.6. The number of amidine groups is 1. The number of aliphatic hydroxyl groups excluding tert-OH is 1. The van der Waals surface area contributed by atoms with Crippen LogP contribution in [0, 0.1) is 5.41 Å². The van der Waals surface area contributed by atoms with Crippen molar-refractivity contribution in [1.82, 2.24) is 5.32 Å². The Balaban J connectivity index is 1.87. The number of nitrogens with one attached hydrogen (secondary N) is 4. The molecule has 0 aliphatic carbocycles. The largest absolute Gasteiger partial charge is 0.494 e. The van der Waals surface area contributed by atoms with E-state index in [9.17, 15) is 24.6 Å². The van der Waals surface area contributed by atoms with Crippen molar-refractivity contribution in [3.8, 4) is 17.2 Å². The number of aliphatic carboxylic acids is 1. The van der Waals surface area contributed by atoms with Crippen LogP contribution in [0.4, 0.5) is 16.2 Å². The van der Waals surface area contributed by atoms with Gasteiger partial charge in [0, 0.05) is 29.0 Å². The fourth-order valence-electron chi connectivity index (χ4n) is 4.16. The van der Waals surface area contributed by atoms with Crippen molar-refractivity contribution in [2.24, 2.45) is 0 Å². The number of carboxylic acid groups (broad SMARTS) is 1. The SMILES string of the molecule is CCOC(=O)NC(=N)c1ccc(NC(=O)c2cc(OCC)ccc2NCc2cc(CO)cc(OC(C)C)c2OCC(=O)O)cc1. The van der Waals surface area contributed by atoms with E-state index in [4.69, 9.17) is 24.4 Å². The third-order valence-corrected chi connectivity index (χ3v) is 6.03. The molecule has 0 atom stereocenters. The van der Waals surface area contributed by atoms with Crippen molar-refractivity contribution in [3.05, 3.63) is 76.9 Å². The Labute approximate surface area is 261 Å². The van der Waals surface area contributed by atoms with Crippen LogP contribution in [0.5, 0.6) is 17.2 Å². The van der Waals surface area contributed by atoms with Gasteiger partial charge < -0.3 is 39.8 Å². The number of alkyl carbamates (subject to hydrolysis) is 1. The lowest BCUT2D eigenvalue weighted by Crippen LogP contribution is -2.31. The molecule has 0 spiro atoms. The van der Waals surface area contributed by atoms with Crippen molar-refractivity contribution < 1.29 is 43.5 Å². The molecule has 0 radical (unpaired) electrons. The maximum atomic E-state index is 13.5. The minimum Gasteiger partial charge on any atom is -0.494 e. The van der Waals surface area contributed by atoms with Gasteiger partial charge in [0.15, 0.2) is 18.1 Å². The highest BCUT2D eigenvalue weighted by atomic mass is 16.5. The molecule has 13 nitrogen and oxygen atoms in total. The fourth-order valence-corrected chi connectivity index (χ4v) is 4.16. The second-order valence-electron chi connectivity index (χ2n) is 9.84. The molecule has 0 heterocycles. The number of carbonyl (C=O) groups is 3. The lowest BCUT2D eigenvalue weighted by Gasteiger charge is -2.20. The number of anilines is 2. The molecule has 0 saturated carbocycles. The Bertz CT molecular complexity index is 1510. The number of benzene rings is 3. The van der Waals surface area contributed by atoms with Gasteiger partial charge in [-0.1, -0.05) is 0 Å². The lowest BCUT2D eigenvalue weighted by atomic mass is 10.1. The smallest absolute Gasteiger partial charge is 0.412 e. The molecule has 240 valence electrons. The van der Waals surface area contributed by atoms with E-state index in [1.807, 2.05) is 20.8 Å². The molecule has 2 amide bonds. The molecule has 3 rings (SSSR count). The van der Waals surface area contributed by atoms with E-state index in [2.05, 4.69) is 16.0 Å². The van der Waals surface area contributed by atoms with Crippen molar-refractivity contribution >= 4 is 35.2 Å². The van der Waals surface area contributed by atoms with Crippen LogP contribution in [0.1, 0.15) is 54.7 Å². The van der Waals surface area contributed by atoms with Crippen molar-refractivity contribution in [2.45, 2.75) is 47.0 Å². The highest BCUT2D eigenvalue weighted by Crippen LogP contribution is 2.35. The number of carbonyl (C=O) groups excluding carboxylic acids is 2. The summed E-state index contributed by atoms with van der Waals surface area (Å²) in [6.07, 6.45) is -0.983. The van der Waals surface area contributed by atoms with Crippen LogP contribution >= 0.6 is 0 Å². The minimum absolute atomic E-state index is 0.0930. The van der Waals surface area contributed by atoms with Crippen molar-refractivity contribution in [1.29, 1.82) is 5.41 Å². The third-order valence-electron chi connectivity index (χ3n) is 6.03. The molecule has 0 unspecified atom stereocenters. The normalized spacial score (nSPS) is 10.5. The van der Waals surface area contributed by atoms with E-state index >= 15 is 0 Å². The maximum Gasteiger partial charge on any atom is 0.412 e. The van der Waals surface area contributed by atoms with Gasteiger partial charge in [0.25, 0.3) is 5.91 Å². The molecular weight excluding hydrogens is 584 g/mol. The highest BCUT2D eigenvalue weighted by molar-refractivity contribution is 6.09. The van der Waals surface area contributed by atoms with Gasteiger partial charge in [-0.25, -0.2) is 9.59 Å². The number of amides is 2. The molecule has 0 saturated heterocycles. The van der Waals surface area contributed by atoms with Gasteiger partial charge in [-0.3, -0.25) is 15.5 Å². The molecule has 13 heteroatoms. The number of aliphatic hydroxyl groups is 1. The summed E-state index contributed by atoms with van der Waals surface area (Å²) < 4.78 is 21.9. The lowest BCUT2D eigenvalue weighted by molar-refractivity contribution is -0.139. The second kappa shape index (κ2) is 16.5. The van der Waals surface area contributed by atoms with Gasteiger partial charge in [-0.2, -0.15) is 0 Å². The van der Waals surface area contributed by atoms with Gasteiger partial charge in [-0.15, -0.1) is 0 Å². The molecule has 0 fully saturated rings.